The number of aryl methyl sites for hydroxylation is 1. The van der Waals surface area contributed by atoms with E-state index in [1.807, 2.05) is 25.2 Å². The van der Waals surface area contributed by atoms with Crippen LogP contribution in [0.5, 0.6) is 0 Å². The van der Waals surface area contributed by atoms with E-state index in [0.717, 1.165) is 17.0 Å². The average Bonchev–Trinajstić information content (AvgIpc) is 2.81. The molecule has 0 bridgehead atoms. The highest BCUT2D eigenvalue weighted by atomic mass is 35.5. The Morgan fingerprint density at radius 3 is 2.74 bits per heavy atom. The van der Waals surface area contributed by atoms with Crippen LogP contribution in [0.15, 0.2) is 18.2 Å². The first-order valence-corrected chi connectivity index (χ1v) is 7.89. The van der Waals surface area contributed by atoms with E-state index in [9.17, 15) is 0 Å². The lowest BCUT2D eigenvalue weighted by Crippen LogP contribution is -2.19. The van der Waals surface area contributed by atoms with Gasteiger partial charge in [0.05, 0.1) is 15.7 Å². The number of nitrogens with zero attached hydrogens (tertiary/aromatic N) is 1. The fraction of sp³-hybridized carbons (Fsp3) is 0.357. The van der Waals surface area contributed by atoms with E-state index in [0.29, 0.717) is 16.1 Å². The first-order chi connectivity index (χ1) is 9.20. The number of rotatable bonds is 2. The van der Waals surface area contributed by atoms with Crippen molar-refractivity contribution in [3.05, 3.63) is 38.8 Å². The van der Waals surface area contributed by atoms with Crippen LogP contribution in [0.2, 0.25) is 10.0 Å². The molecule has 0 saturated carbocycles. The summed E-state index contributed by atoms with van der Waals surface area (Å²) in [7, 11) is 2.00. The number of aromatic nitrogens is 1. The molecule has 2 aromatic rings. The second kappa shape index (κ2) is 5.41. The smallest absolute Gasteiger partial charge is 0.126 e. The molecule has 0 spiro atoms. The predicted octanol–water partition coefficient (Wildman–Crippen LogP) is 4.71. The molecule has 1 aromatic carbocycles. The number of halogens is 2. The van der Waals surface area contributed by atoms with Gasteiger partial charge in [0, 0.05) is 16.5 Å². The normalized spacial score (nSPS) is 18.4. The largest absolute Gasteiger partial charge is 0.312 e. The summed E-state index contributed by atoms with van der Waals surface area (Å²) in [6.45, 7) is 0. The molecule has 1 heterocycles. The molecule has 1 aliphatic rings. The van der Waals surface area contributed by atoms with Crippen LogP contribution < -0.4 is 5.32 Å². The van der Waals surface area contributed by atoms with E-state index in [-0.39, 0.29) is 0 Å². The van der Waals surface area contributed by atoms with Gasteiger partial charge in [-0.25, -0.2) is 4.98 Å². The van der Waals surface area contributed by atoms with Crippen LogP contribution in [0.4, 0.5) is 0 Å². The van der Waals surface area contributed by atoms with Crippen molar-refractivity contribution < 1.29 is 0 Å². The summed E-state index contributed by atoms with van der Waals surface area (Å²) in [5.74, 6) is 0. The lowest BCUT2D eigenvalue weighted by molar-refractivity contribution is 0.501. The Morgan fingerprint density at radius 2 is 2.05 bits per heavy atom. The Kier molecular flexibility index (Phi) is 3.81. The van der Waals surface area contributed by atoms with Crippen LogP contribution in [-0.4, -0.2) is 12.0 Å². The molecule has 0 amide bonds. The first kappa shape index (κ1) is 13.4. The zero-order valence-electron chi connectivity index (χ0n) is 10.5. The molecule has 1 atom stereocenters. The van der Waals surface area contributed by atoms with E-state index in [2.05, 4.69) is 5.32 Å². The van der Waals surface area contributed by atoms with Gasteiger partial charge < -0.3 is 5.32 Å². The van der Waals surface area contributed by atoms with Crippen LogP contribution in [0.25, 0.3) is 10.6 Å². The quantitative estimate of drug-likeness (QED) is 0.868. The van der Waals surface area contributed by atoms with Gasteiger partial charge >= 0.3 is 0 Å². The molecule has 3 rings (SSSR count). The average molecular weight is 313 g/mol. The Morgan fingerprint density at radius 1 is 1.32 bits per heavy atom. The number of hydrogen-bond acceptors (Lipinski definition) is 3. The van der Waals surface area contributed by atoms with Crippen molar-refractivity contribution in [2.75, 3.05) is 7.05 Å². The molecule has 0 fully saturated rings. The summed E-state index contributed by atoms with van der Waals surface area (Å²) < 4.78 is 0. The van der Waals surface area contributed by atoms with Crippen molar-refractivity contribution >= 4 is 34.5 Å². The maximum atomic E-state index is 6.26. The fourth-order valence-corrected chi connectivity index (χ4v) is 4.52. The van der Waals surface area contributed by atoms with Gasteiger partial charge in [-0.2, -0.15) is 0 Å². The Hall–Kier alpha value is -0.610. The monoisotopic (exact) mass is 312 g/mol. The molecule has 1 unspecified atom stereocenters. The molecule has 100 valence electrons. The Bertz CT molecular complexity index is 589. The van der Waals surface area contributed by atoms with Gasteiger partial charge in [-0.1, -0.05) is 29.3 Å². The molecule has 0 saturated heterocycles. The summed E-state index contributed by atoms with van der Waals surface area (Å²) in [4.78, 5) is 6.08. The third-order valence-corrected chi connectivity index (χ3v) is 5.33. The van der Waals surface area contributed by atoms with Gasteiger partial charge in [0.15, 0.2) is 0 Å². The highest BCUT2D eigenvalue weighted by Crippen LogP contribution is 2.42. The number of thiazole rings is 1. The maximum absolute atomic E-state index is 6.26. The molecule has 0 aliphatic heterocycles. The van der Waals surface area contributed by atoms with Crippen LogP contribution >= 0.6 is 34.5 Å². The lowest BCUT2D eigenvalue weighted by Gasteiger charge is -2.19. The molecule has 1 N–H and O–H groups in total. The van der Waals surface area contributed by atoms with Gasteiger partial charge in [0.25, 0.3) is 0 Å². The lowest BCUT2D eigenvalue weighted by atomic mass is 9.98. The molecule has 19 heavy (non-hydrogen) atoms. The van der Waals surface area contributed by atoms with Gasteiger partial charge in [0.2, 0.25) is 0 Å². The summed E-state index contributed by atoms with van der Waals surface area (Å²) >= 11 is 14.2. The van der Waals surface area contributed by atoms with Crippen LogP contribution in [0.1, 0.15) is 29.5 Å². The highest BCUT2D eigenvalue weighted by Gasteiger charge is 2.25. The number of nitrogens with one attached hydrogen (secondary N) is 1. The van der Waals surface area contributed by atoms with Gasteiger partial charge in [-0.05, 0) is 38.4 Å². The van der Waals surface area contributed by atoms with E-state index < -0.39 is 0 Å². The van der Waals surface area contributed by atoms with Gasteiger partial charge in [0.1, 0.15) is 5.01 Å². The number of benzene rings is 1. The van der Waals surface area contributed by atoms with Crippen molar-refractivity contribution in [2.24, 2.45) is 0 Å². The van der Waals surface area contributed by atoms with Crippen molar-refractivity contribution in [1.82, 2.24) is 10.3 Å². The van der Waals surface area contributed by atoms with Gasteiger partial charge in [-0.3, -0.25) is 0 Å². The third-order valence-electron chi connectivity index (χ3n) is 3.48. The minimum atomic E-state index is 0.413. The molecule has 5 heteroatoms. The SMILES string of the molecule is CNC1CCCc2nc(-c3c(Cl)cccc3Cl)sc21. The number of hydrogen-bond donors (Lipinski definition) is 1. The van der Waals surface area contributed by atoms with Crippen molar-refractivity contribution in [3.8, 4) is 10.6 Å². The highest BCUT2D eigenvalue weighted by molar-refractivity contribution is 7.15. The van der Waals surface area contributed by atoms with E-state index >= 15 is 0 Å². The van der Waals surface area contributed by atoms with Crippen molar-refractivity contribution in [3.63, 3.8) is 0 Å². The zero-order chi connectivity index (χ0) is 13.4. The summed E-state index contributed by atoms with van der Waals surface area (Å²) in [5, 5.41) is 5.62. The predicted molar refractivity (Wildman–Crippen MR) is 82.3 cm³/mol. The van der Waals surface area contributed by atoms with Crippen LogP contribution in [-0.2, 0) is 6.42 Å². The maximum Gasteiger partial charge on any atom is 0.126 e. The minimum absolute atomic E-state index is 0.413. The minimum Gasteiger partial charge on any atom is -0.312 e. The molecule has 1 aromatic heterocycles. The number of fused-ring (bicyclic) bond motifs is 1. The van der Waals surface area contributed by atoms with Crippen LogP contribution in [0, 0.1) is 0 Å². The van der Waals surface area contributed by atoms with Crippen LogP contribution in [0.3, 0.4) is 0 Å². The fourth-order valence-electron chi connectivity index (χ4n) is 2.50. The van der Waals surface area contributed by atoms with E-state index in [1.165, 1.54) is 23.4 Å². The molecule has 2 nitrogen and oxygen atoms in total. The summed E-state index contributed by atoms with van der Waals surface area (Å²) in [5.41, 5.74) is 2.06. The molecule has 0 radical (unpaired) electrons. The van der Waals surface area contributed by atoms with E-state index in [1.54, 1.807) is 11.3 Å². The van der Waals surface area contributed by atoms with Gasteiger partial charge in [-0.15, -0.1) is 11.3 Å². The van der Waals surface area contributed by atoms with Crippen molar-refractivity contribution in [1.29, 1.82) is 0 Å². The topological polar surface area (TPSA) is 24.9 Å². The second-order valence-electron chi connectivity index (χ2n) is 4.66. The standard InChI is InChI=1S/C14H14Cl2N2S/c1-17-10-6-3-7-11-13(10)19-14(18-11)12-8(15)4-2-5-9(12)16/h2,4-5,10,17H,3,6-7H2,1H3. The summed E-state index contributed by atoms with van der Waals surface area (Å²) in [6, 6.07) is 5.99. The van der Waals surface area contributed by atoms with Crippen molar-refractivity contribution in [2.45, 2.75) is 25.3 Å². The zero-order valence-corrected chi connectivity index (χ0v) is 12.9. The molecular weight excluding hydrogens is 299 g/mol. The summed E-state index contributed by atoms with van der Waals surface area (Å²) in [6.07, 6.45) is 3.39. The third kappa shape index (κ3) is 2.40. The first-order valence-electron chi connectivity index (χ1n) is 6.32. The molecule has 1 aliphatic carbocycles. The van der Waals surface area contributed by atoms with E-state index in [4.69, 9.17) is 28.2 Å². The Balaban J connectivity index is 2.10. The Labute approximate surface area is 126 Å². The second-order valence-corrected chi connectivity index (χ2v) is 6.51. The molecular formula is C14H14Cl2N2S.